The molecule has 0 radical (unpaired) electrons. The van der Waals surface area contributed by atoms with E-state index >= 15 is 9.13 Å². The number of benzene rings is 9. The topological polar surface area (TPSA) is 253 Å². The minimum absolute atomic E-state index is 0.00735. The fourth-order valence-electron chi connectivity index (χ4n) is 15.6. The van der Waals surface area contributed by atoms with E-state index in [-0.39, 0.29) is 82.5 Å². The highest BCUT2D eigenvalue weighted by Crippen LogP contribution is 2.72. The third-order valence-electron chi connectivity index (χ3n) is 21.0. The molecule has 23 heteroatoms. The Morgan fingerprint density at radius 3 is 1.59 bits per heavy atom. The first-order valence-corrected chi connectivity index (χ1v) is 44.5. The molecule has 582 valence electrons. The zero-order chi connectivity index (χ0) is 78.2. The van der Waals surface area contributed by atoms with Crippen LogP contribution in [0.2, 0.25) is 0 Å². The monoisotopic (exact) mass is 1580 g/mol. The van der Waals surface area contributed by atoms with Crippen LogP contribution in [0.4, 0.5) is 11.4 Å². The number of fused-ring (bicyclic) bond motifs is 6. The maximum atomic E-state index is 15.7. The van der Waals surface area contributed by atoms with E-state index in [1.807, 2.05) is 109 Å². The molecule has 0 bridgehead atoms. The average Bonchev–Trinajstić information content (AvgIpc) is 1.58. The van der Waals surface area contributed by atoms with Gasteiger partial charge in [-0.15, -0.1) is 0 Å². The summed E-state index contributed by atoms with van der Waals surface area (Å²) in [5.74, 6) is -1.60. The molecule has 111 heavy (non-hydrogen) atoms. The first-order valence-electron chi connectivity index (χ1n) is 38.0. The molecule has 19 nitrogen and oxygen atoms in total. The lowest BCUT2D eigenvalue weighted by Gasteiger charge is -2.32. The summed E-state index contributed by atoms with van der Waals surface area (Å²) in [4.78, 5) is 30.7. The number of carbonyl (C=O) groups excluding carboxylic acids is 2. The Morgan fingerprint density at radius 2 is 1.05 bits per heavy atom. The fourth-order valence-corrected chi connectivity index (χ4v) is 21.8. The van der Waals surface area contributed by atoms with E-state index in [0.717, 1.165) is 80.3 Å². The Hall–Kier alpha value is -8.79. The maximum Gasteiger partial charge on any atom is 0.347 e. The van der Waals surface area contributed by atoms with Crippen LogP contribution in [-0.4, -0.2) is 104 Å². The quantitative estimate of drug-likeness (QED) is 0.0121. The first kappa shape index (κ1) is 81.7. The minimum atomic E-state index is -4.64. The summed E-state index contributed by atoms with van der Waals surface area (Å²) in [5, 5.41) is 8.61. The van der Waals surface area contributed by atoms with Gasteiger partial charge >= 0.3 is 15.2 Å². The van der Waals surface area contributed by atoms with Gasteiger partial charge in [0.2, 0.25) is 11.6 Å². The number of ether oxygens (including phenoxy) is 1. The molecule has 0 saturated heterocycles. The molecule has 0 fully saturated rings. The predicted molar refractivity (Wildman–Crippen MR) is 440 cm³/mol. The van der Waals surface area contributed by atoms with Crippen molar-refractivity contribution in [2.75, 3.05) is 55.8 Å². The second kappa shape index (κ2) is 36.8. The Labute approximate surface area is 652 Å². The predicted octanol–water partition coefficient (Wildman–Crippen LogP) is 18.4. The normalized spacial score (nSPS) is 16.2. The molecular weight excluding hydrogens is 1480 g/mol. The minimum Gasteiger partial charge on any atom is -0.378 e. The number of hydrogen-bond donors (Lipinski definition) is 4. The van der Waals surface area contributed by atoms with Crippen LogP contribution in [0.15, 0.2) is 248 Å². The van der Waals surface area contributed by atoms with Gasteiger partial charge in [-0.25, -0.2) is 0 Å². The Balaban J connectivity index is 0.774. The second-order valence-electron chi connectivity index (χ2n) is 29.6. The summed E-state index contributed by atoms with van der Waals surface area (Å²) >= 11 is 0. The molecule has 0 saturated carbocycles. The van der Waals surface area contributed by atoms with Crippen molar-refractivity contribution in [2.24, 2.45) is 5.92 Å². The van der Waals surface area contributed by atoms with Crippen LogP contribution in [0, 0.1) is 5.92 Å². The zero-order valence-electron chi connectivity index (χ0n) is 63.3. The smallest absolute Gasteiger partial charge is 0.347 e. The third-order valence-corrected chi connectivity index (χ3v) is 28.1. The molecule has 3 aliphatic rings. The summed E-state index contributed by atoms with van der Waals surface area (Å²) in [6, 6.07) is 69.2. The van der Waals surface area contributed by atoms with Gasteiger partial charge in [0, 0.05) is 66.1 Å². The van der Waals surface area contributed by atoms with Crippen molar-refractivity contribution < 1.29 is 72.1 Å². The van der Waals surface area contributed by atoms with E-state index in [9.17, 15) is 35.5 Å². The van der Waals surface area contributed by atoms with Crippen molar-refractivity contribution in [3.63, 3.8) is 0 Å². The van der Waals surface area contributed by atoms with Crippen LogP contribution < -0.4 is 15.5 Å². The standard InChI is InChI=1S/C88H98N4O15P2S2/c1-87(2)79(91(54-21-23-58-110(97,98)99)77-48-44-69-34-17-19-38-75(69)84(77)87)50-46-71-36-25-37-72(47-51-80-88(3,4)85-76-39-20-18-35-70(76)45-49-78(85)92(80)55-22-24-59-111(100,101)102)83(71)73-40-42-74(43-41-73)86(94)90-53-57-103-56-52-89-81(93)60-82(108(95,104-61-65-26-9-5-10-27-65)105-62-66-28-11-6-12-29-66)109(96,106-63-67-30-13-7-14-31-67)107-64-68-32-15-8-16-33-68/h5-20,26-35,38-46,48-51,72,82H,21-25,36-37,47,52-64H2,1-4H3,(H3-,89,90,93,94,97,98,99,100,101,102)/p+1. The number of anilines is 1. The number of carbonyl (C=O) groups is 2. The fraction of sp³-hybridized carbons (Fsp3) is 0.330. The van der Waals surface area contributed by atoms with E-state index in [1.54, 1.807) is 48.5 Å². The highest BCUT2D eigenvalue weighted by Gasteiger charge is 2.53. The van der Waals surface area contributed by atoms with Crippen LogP contribution in [0.3, 0.4) is 0 Å². The van der Waals surface area contributed by atoms with Crippen molar-refractivity contribution in [3.8, 4) is 0 Å². The molecule has 9 aromatic rings. The SMILES string of the molecule is CC1(C)C(=CCC2CCCC(C=CC3=[N+](CCCCS(=O)(=O)O)c4ccc5ccccc5c4C3(C)C)=C2c2ccc(C(=O)NCCOCCNC(=O)CC(P(=O)(OCc3ccccc3)OCc3ccccc3)P(=O)(OCc3ccccc3)OCc3ccccc3)cc2)N(CCCCS(=O)(=O)O)c2ccc3ccccc3c21. The van der Waals surface area contributed by atoms with Crippen LogP contribution >= 0.6 is 15.2 Å². The lowest BCUT2D eigenvalue weighted by molar-refractivity contribution is -0.438. The van der Waals surface area contributed by atoms with Gasteiger partial charge in [-0.2, -0.15) is 21.4 Å². The van der Waals surface area contributed by atoms with Crippen LogP contribution in [0.25, 0.3) is 27.1 Å². The molecular formula is C88H99N4O15P2S2+. The Kier molecular flexibility index (Phi) is 27.1. The molecule has 9 aromatic carbocycles. The molecule has 2 amide bonds. The molecule has 0 aromatic heterocycles. The number of rotatable bonds is 38. The zero-order valence-corrected chi connectivity index (χ0v) is 66.7. The Bertz CT molecular complexity index is 5040. The number of unbranched alkanes of at least 4 members (excludes halogenated alkanes) is 2. The third kappa shape index (κ3) is 20.7. The molecule has 1 atom stereocenters. The van der Waals surface area contributed by atoms with Crippen LogP contribution in [0.1, 0.15) is 135 Å². The molecule has 12 rings (SSSR count). The number of allylic oxidation sites excluding steroid dienone is 6. The van der Waals surface area contributed by atoms with Crippen molar-refractivity contribution in [2.45, 2.75) is 128 Å². The highest BCUT2D eigenvalue weighted by molar-refractivity contribution is 7.86. The van der Waals surface area contributed by atoms with E-state index in [2.05, 4.69) is 127 Å². The van der Waals surface area contributed by atoms with Gasteiger partial charge < -0.3 is 38.4 Å². The van der Waals surface area contributed by atoms with Gasteiger partial charge in [0.25, 0.3) is 26.1 Å². The van der Waals surface area contributed by atoms with E-state index < -0.39 is 64.0 Å². The van der Waals surface area contributed by atoms with Crippen molar-refractivity contribution in [3.05, 3.63) is 292 Å². The molecule has 0 spiro atoms. The maximum absolute atomic E-state index is 15.7. The summed E-state index contributed by atoms with van der Waals surface area (Å²) in [6.45, 7) is 9.47. The summed E-state index contributed by atoms with van der Waals surface area (Å²) in [5.41, 5.74) is 12.1. The Morgan fingerprint density at radius 1 is 0.568 bits per heavy atom. The van der Waals surface area contributed by atoms with Gasteiger partial charge in [0.1, 0.15) is 6.54 Å². The van der Waals surface area contributed by atoms with Gasteiger partial charge in [-0.05, 0) is 155 Å². The van der Waals surface area contributed by atoms with E-state index in [4.69, 9.17) is 22.8 Å². The van der Waals surface area contributed by atoms with E-state index in [0.29, 0.717) is 66.6 Å². The van der Waals surface area contributed by atoms with Gasteiger partial charge in [0.15, 0.2) is 11.1 Å². The molecule has 2 heterocycles. The first-order chi connectivity index (χ1) is 53.4. The van der Waals surface area contributed by atoms with Crippen molar-refractivity contribution in [1.29, 1.82) is 0 Å². The van der Waals surface area contributed by atoms with Crippen molar-refractivity contribution >= 4 is 91.4 Å². The second-order valence-corrected chi connectivity index (χ2v) is 37.6. The van der Waals surface area contributed by atoms with E-state index in [1.165, 1.54) is 11.1 Å². The molecule has 1 unspecified atom stereocenters. The van der Waals surface area contributed by atoms with Crippen molar-refractivity contribution in [1.82, 2.24) is 10.6 Å². The average molecular weight is 1580 g/mol. The summed E-state index contributed by atoms with van der Waals surface area (Å²) < 4.78 is 132. The van der Waals surface area contributed by atoms with Gasteiger partial charge in [-0.1, -0.05) is 214 Å². The van der Waals surface area contributed by atoms with Crippen LogP contribution in [-0.2, 0) is 94.3 Å². The number of amides is 2. The molecule has 4 N–H and O–H groups in total. The number of nitrogens with zero attached hydrogens (tertiary/aromatic N) is 2. The molecule has 1 aliphatic carbocycles. The van der Waals surface area contributed by atoms with Gasteiger partial charge in [-0.3, -0.25) is 27.8 Å². The largest absolute Gasteiger partial charge is 0.378 e. The molecule has 2 aliphatic heterocycles. The number of hydrogen-bond acceptors (Lipinski definition) is 14. The highest BCUT2D eigenvalue weighted by atomic mass is 32.2. The summed E-state index contributed by atoms with van der Waals surface area (Å²) in [6.07, 6.45) is 11.1. The number of nitrogens with one attached hydrogen (secondary N) is 2. The lowest BCUT2D eigenvalue weighted by Crippen LogP contribution is -2.32. The van der Waals surface area contributed by atoms with Gasteiger partial charge in [0.05, 0.1) is 63.0 Å². The van der Waals surface area contributed by atoms with Crippen LogP contribution in [0.5, 0.6) is 0 Å². The lowest BCUT2D eigenvalue weighted by atomic mass is 9.75. The summed E-state index contributed by atoms with van der Waals surface area (Å²) in [7, 11) is -17.6.